The van der Waals surface area contributed by atoms with Gasteiger partial charge in [0.2, 0.25) is 0 Å². The monoisotopic (exact) mass is 384 g/mol. The first-order valence-electron chi connectivity index (χ1n) is 7.73. The second-order valence-corrected chi connectivity index (χ2v) is 6.11. The molecule has 3 rings (SSSR count). The van der Waals surface area contributed by atoms with Crippen molar-refractivity contribution in [3.05, 3.63) is 76.4 Å². The highest BCUT2D eigenvalue weighted by Crippen LogP contribution is 2.29. The second kappa shape index (κ2) is 7.45. The van der Waals surface area contributed by atoms with Crippen LogP contribution in [0.1, 0.15) is 23.0 Å². The minimum atomic E-state index is -0.405. The van der Waals surface area contributed by atoms with Crippen molar-refractivity contribution in [2.24, 2.45) is 0 Å². The average Bonchev–Trinajstić information content (AvgIpc) is 3.00. The molecular formula is C19H17BrN2O2. The van der Waals surface area contributed by atoms with Crippen LogP contribution in [0, 0.1) is 0 Å². The third kappa shape index (κ3) is 3.57. The molecular weight excluding hydrogens is 368 g/mol. The Labute approximate surface area is 149 Å². The highest BCUT2D eigenvalue weighted by Gasteiger charge is 2.18. The normalized spacial score (nSPS) is 10.6. The molecule has 0 aliphatic heterocycles. The molecule has 0 amide bonds. The van der Waals surface area contributed by atoms with E-state index in [0.717, 1.165) is 21.3 Å². The van der Waals surface area contributed by atoms with Crippen LogP contribution < -0.4 is 0 Å². The van der Waals surface area contributed by atoms with Gasteiger partial charge in [-0.05, 0) is 24.6 Å². The molecule has 3 aromatic rings. The standard InChI is InChI=1S/C19H17BrN2O2/c1-2-24-19(23)17-12-18(15-10-6-7-11-16(15)20)22(21-17)13-14-8-4-3-5-9-14/h3-12H,2,13H2,1H3. The number of aromatic nitrogens is 2. The lowest BCUT2D eigenvalue weighted by molar-refractivity contribution is 0.0518. The van der Waals surface area contributed by atoms with Gasteiger partial charge >= 0.3 is 5.97 Å². The number of nitrogens with zero attached hydrogens (tertiary/aromatic N) is 2. The Morgan fingerprint density at radius 1 is 1.12 bits per heavy atom. The van der Waals surface area contributed by atoms with E-state index >= 15 is 0 Å². The topological polar surface area (TPSA) is 44.1 Å². The summed E-state index contributed by atoms with van der Waals surface area (Å²) in [6, 6.07) is 19.7. The quantitative estimate of drug-likeness (QED) is 0.606. The molecule has 5 heteroatoms. The summed E-state index contributed by atoms with van der Waals surface area (Å²) in [4.78, 5) is 12.1. The molecule has 0 saturated carbocycles. The van der Waals surface area contributed by atoms with Gasteiger partial charge < -0.3 is 4.74 Å². The van der Waals surface area contributed by atoms with Crippen molar-refractivity contribution in [3.63, 3.8) is 0 Å². The van der Waals surface area contributed by atoms with Crippen molar-refractivity contribution in [2.45, 2.75) is 13.5 Å². The maximum absolute atomic E-state index is 12.1. The molecule has 0 saturated heterocycles. The lowest BCUT2D eigenvalue weighted by Crippen LogP contribution is -2.08. The number of benzene rings is 2. The number of carbonyl (C=O) groups excluding carboxylic acids is 1. The molecule has 0 aliphatic rings. The zero-order chi connectivity index (χ0) is 16.9. The summed E-state index contributed by atoms with van der Waals surface area (Å²) in [6.07, 6.45) is 0. The Morgan fingerprint density at radius 2 is 1.83 bits per heavy atom. The molecule has 1 aromatic heterocycles. The van der Waals surface area contributed by atoms with Crippen LogP contribution in [0.25, 0.3) is 11.3 Å². The van der Waals surface area contributed by atoms with Crippen LogP contribution in [0.5, 0.6) is 0 Å². The Bertz CT molecular complexity index is 844. The maximum Gasteiger partial charge on any atom is 0.358 e. The number of rotatable bonds is 5. The van der Waals surface area contributed by atoms with Crippen molar-refractivity contribution in [2.75, 3.05) is 6.61 Å². The van der Waals surface area contributed by atoms with Gasteiger partial charge in [0, 0.05) is 10.0 Å². The van der Waals surface area contributed by atoms with Crippen LogP contribution in [-0.4, -0.2) is 22.4 Å². The molecule has 1 heterocycles. The highest BCUT2D eigenvalue weighted by molar-refractivity contribution is 9.10. The summed E-state index contributed by atoms with van der Waals surface area (Å²) in [5, 5.41) is 4.46. The first kappa shape index (κ1) is 16.5. The molecule has 0 fully saturated rings. The fraction of sp³-hybridized carbons (Fsp3) is 0.158. The van der Waals surface area contributed by atoms with E-state index in [2.05, 4.69) is 21.0 Å². The van der Waals surface area contributed by atoms with E-state index in [1.54, 1.807) is 13.0 Å². The third-order valence-electron chi connectivity index (χ3n) is 3.59. The van der Waals surface area contributed by atoms with Gasteiger partial charge in [-0.3, -0.25) is 4.68 Å². The molecule has 0 radical (unpaired) electrons. The van der Waals surface area contributed by atoms with Gasteiger partial charge in [-0.15, -0.1) is 0 Å². The van der Waals surface area contributed by atoms with Crippen LogP contribution in [0.15, 0.2) is 65.1 Å². The van der Waals surface area contributed by atoms with E-state index < -0.39 is 5.97 Å². The number of hydrogen-bond donors (Lipinski definition) is 0. The Morgan fingerprint density at radius 3 is 2.54 bits per heavy atom. The summed E-state index contributed by atoms with van der Waals surface area (Å²) < 4.78 is 7.87. The zero-order valence-electron chi connectivity index (χ0n) is 13.3. The lowest BCUT2D eigenvalue weighted by Gasteiger charge is -2.09. The number of ether oxygens (including phenoxy) is 1. The Kier molecular flexibility index (Phi) is 5.11. The van der Waals surface area contributed by atoms with E-state index in [-0.39, 0.29) is 0 Å². The first-order valence-corrected chi connectivity index (χ1v) is 8.52. The Balaban J connectivity index is 2.05. The van der Waals surface area contributed by atoms with Crippen molar-refractivity contribution >= 4 is 21.9 Å². The molecule has 0 bridgehead atoms. The maximum atomic E-state index is 12.1. The van der Waals surface area contributed by atoms with Gasteiger partial charge in [0.1, 0.15) is 0 Å². The largest absolute Gasteiger partial charge is 0.461 e. The third-order valence-corrected chi connectivity index (χ3v) is 4.28. The summed E-state index contributed by atoms with van der Waals surface area (Å²) in [6.45, 7) is 2.69. The first-order chi connectivity index (χ1) is 11.7. The van der Waals surface area contributed by atoms with Crippen LogP contribution in [-0.2, 0) is 11.3 Å². The van der Waals surface area contributed by atoms with Crippen molar-refractivity contribution in [1.29, 1.82) is 0 Å². The van der Waals surface area contributed by atoms with Gasteiger partial charge in [-0.25, -0.2) is 4.79 Å². The summed E-state index contributed by atoms with van der Waals surface area (Å²) >= 11 is 3.57. The molecule has 0 N–H and O–H groups in total. The van der Waals surface area contributed by atoms with E-state index in [0.29, 0.717) is 18.8 Å². The number of hydrogen-bond acceptors (Lipinski definition) is 3. The minimum absolute atomic E-state index is 0.318. The van der Waals surface area contributed by atoms with E-state index in [4.69, 9.17) is 4.74 Å². The molecule has 122 valence electrons. The molecule has 4 nitrogen and oxygen atoms in total. The molecule has 0 unspecified atom stereocenters. The highest BCUT2D eigenvalue weighted by atomic mass is 79.9. The van der Waals surface area contributed by atoms with Crippen LogP contribution in [0.4, 0.5) is 0 Å². The fourth-order valence-electron chi connectivity index (χ4n) is 2.48. The van der Waals surface area contributed by atoms with Crippen LogP contribution in [0.2, 0.25) is 0 Å². The SMILES string of the molecule is CCOC(=O)c1cc(-c2ccccc2Br)n(Cc2ccccc2)n1. The van der Waals surface area contributed by atoms with Gasteiger partial charge in [0.05, 0.1) is 18.8 Å². The fourth-order valence-corrected chi connectivity index (χ4v) is 2.97. The predicted octanol–water partition coefficient (Wildman–Crippen LogP) is 4.54. The Hall–Kier alpha value is -2.40. The van der Waals surface area contributed by atoms with Crippen molar-refractivity contribution in [1.82, 2.24) is 9.78 Å². The molecule has 2 aromatic carbocycles. The summed E-state index contributed by atoms with van der Waals surface area (Å²) in [7, 11) is 0. The number of halogens is 1. The van der Waals surface area contributed by atoms with Gasteiger partial charge in [0.25, 0.3) is 0 Å². The van der Waals surface area contributed by atoms with Gasteiger partial charge in [-0.1, -0.05) is 64.5 Å². The minimum Gasteiger partial charge on any atom is -0.461 e. The van der Waals surface area contributed by atoms with Crippen LogP contribution >= 0.6 is 15.9 Å². The molecule has 0 atom stereocenters. The zero-order valence-corrected chi connectivity index (χ0v) is 14.9. The molecule has 0 aliphatic carbocycles. The average molecular weight is 385 g/mol. The summed E-state index contributed by atoms with van der Waals surface area (Å²) in [5.41, 5.74) is 3.29. The molecule has 0 spiro atoms. The van der Waals surface area contributed by atoms with E-state index in [9.17, 15) is 4.79 Å². The number of carbonyl (C=O) groups is 1. The predicted molar refractivity (Wildman–Crippen MR) is 96.9 cm³/mol. The summed E-state index contributed by atoms with van der Waals surface area (Å²) in [5.74, 6) is -0.405. The second-order valence-electron chi connectivity index (χ2n) is 5.26. The lowest BCUT2D eigenvalue weighted by atomic mass is 10.1. The van der Waals surface area contributed by atoms with Gasteiger partial charge in [-0.2, -0.15) is 5.10 Å². The smallest absolute Gasteiger partial charge is 0.358 e. The molecule has 24 heavy (non-hydrogen) atoms. The van der Waals surface area contributed by atoms with E-state index in [1.807, 2.05) is 59.3 Å². The van der Waals surface area contributed by atoms with Crippen molar-refractivity contribution in [3.8, 4) is 11.3 Å². The van der Waals surface area contributed by atoms with E-state index in [1.165, 1.54) is 0 Å². The van der Waals surface area contributed by atoms with Crippen LogP contribution in [0.3, 0.4) is 0 Å². The van der Waals surface area contributed by atoms with Crippen molar-refractivity contribution < 1.29 is 9.53 Å². The van der Waals surface area contributed by atoms with Gasteiger partial charge in [0.15, 0.2) is 5.69 Å². The number of esters is 1.